The van der Waals surface area contributed by atoms with Gasteiger partial charge in [-0.2, -0.15) is 0 Å². The predicted octanol–water partition coefficient (Wildman–Crippen LogP) is 5.18. The van der Waals surface area contributed by atoms with Crippen molar-refractivity contribution in [2.24, 2.45) is 5.92 Å². The van der Waals surface area contributed by atoms with Crippen LogP contribution in [0.5, 0.6) is 0 Å². The largest absolute Gasteiger partial charge is 0.295 e. The van der Waals surface area contributed by atoms with Crippen LogP contribution in [0, 0.1) is 5.92 Å². The summed E-state index contributed by atoms with van der Waals surface area (Å²) in [5.74, 6) is 0.648. The fourth-order valence-electron chi connectivity index (χ4n) is 3.40. The van der Waals surface area contributed by atoms with Crippen molar-refractivity contribution in [2.75, 3.05) is 0 Å². The number of carbonyl (C=O) groups is 1. The van der Waals surface area contributed by atoms with Gasteiger partial charge in [0.2, 0.25) is 0 Å². The van der Waals surface area contributed by atoms with Crippen molar-refractivity contribution in [1.82, 2.24) is 0 Å². The van der Waals surface area contributed by atoms with E-state index in [-0.39, 0.29) is 5.78 Å². The third-order valence-corrected chi connectivity index (χ3v) is 5.25. The maximum absolute atomic E-state index is 12.9. The van der Waals surface area contributed by atoms with Gasteiger partial charge in [-0.1, -0.05) is 67.2 Å². The Morgan fingerprint density at radius 2 is 1.80 bits per heavy atom. The van der Waals surface area contributed by atoms with Gasteiger partial charge in [0.15, 0.2) is 5.78 Å². The Bertz CT molecular complexity index is 792. The van der Waals surface area contributed by atoms with Crippen LogP contribution in [-0.2, 0) is 24.0 Å². The second-order valence-electron chi connectivity index (χ2n) is 6.82. The lowest BCUT2D eigenvalue weighted by molar-refractivity contribution is -0.116. The number of ketones is 1. The van der Waals surface area contributed by atoms with E-state index < -0.39 is 0 Å². The lowest BCUT2D eigenvalue weighted by Crippen LogP contribution is -2.16. The summed E-state index contributed by atoms with van der Waals surface area (Å²) in [5, 5.41) is 0.714. The van der Waals surface area contributed by atoms with Gasteiger partial charge in [-0.05, 0) is 47.2 Å². The quantitative estimate of drug-likeness (QED) is 0.696. The van der Waals surface area contributed by atoms with Crippen molar-refractivity contribution < 1.29 is 4.79 Å². The van der Waals surface area contributed by atoms with E-state index in [1.165, 1.54) is 5.56 Å². The molecular weight excluding hydrogens is 327 g/mol. The molecule has 0 aliphatic heterocycles. The molecule has 1 aliphatic rings. The fraction of sp³-hybridized carbons (Fsp3) is 0.318. The van der Waals surface area contributed by atoms with Crippen LogP contribution >= 0.6 is 11.6 Å². The van der Waals surface area contributed by atoms with E-state index in [0.29, 0.717) is 30.1 Å². The molecule has 1 atom stereocenters. The molecule has 0 heterocycles. The molecule has 2 aromatic carbocycles. The maximum atomic E-state index is 12.9. The van der Waals surface area contributed by atoms with E-state index in [1.54, 1.807) is 0 Å². The van der Waals surface area contributed by atoms with Crippen LogP contribution in [-0.4, -0.2) is 13.6 Å². The molecule has 1 nitrogen and oxygen atoms in total. The predicted molar refractivity (Wildman–Crippen MR) is 106 cm³/mol. The Morgan fingerprint density at radius 1 is 1.08 bits per heavy atom. The van der Waals surface area contributed by atoms with Crippen LogP contribution < -0.4 is 0 Å². The molecule has 1 aliphatic carbocycles. The van der Waals surface area contributed by atoms with Gasteiger partial charge in [0.1, 0.15) is 0 Å². The van der Waals surface area contributed by atoms with Gasteiger partial charge >= 0.3 is 0 Å². The van der Waals surface area contributed by atoms with Crippen molar-refractivity contribution in [3.63, 3.8) is 0 Å². The number of rotatable bonds is 4. The molecule has 3 heteroatoms. The van der Waals surface area contributed by atoms with E-state index >= 15 is 0 Å². The number of Topliss-reactive ketones (excluding diaryl/α,β-unsaturated/α-hetero) is 1. The fourth-order valence-corrected chi connectivity index (χ4v) is 3.52. The van der Waals surface area contributed by atoms with E-state index in [2.05, 4.69) is 31.2 Å². The SMILES string of the molecule is [B]Cc1ccc2c(c1)C=C(Cc1ccc(Cl)cc1)C(=O)CC(CC)C2. The van der Waals surface area contributed by atoms with Crippen molar-refractivity contribution >= 4 is 31.3 Å². The highest BCUT2D eigenvalue weighted by molar-refractivity contribution is 6.30. The average molecular weight is 349 g/mol. The summed E-state index contributed by atoms with van der Waals surface area (Å²) in [7, 11) is 5.81. The van der Waals surface area contributed by atoms with Crippen LogP contribution in [0.15, 0.2) is 48.0 Å². The first-order chi connectivity index (χ1) is 12.1. The van der Waals surface area contributed by atoms with Gasteiger partial charge < -0.3 is 0 Å². The highest BCUT2D eigenvalue weighted by atomic mass is 35.5. The summed E-state index contributed by atoms with van der Waals surface area (Å²) in [6.45, 7) is 2.16. The molecule has 0 saturated heterocycles. The van der Waals surface area contributed by atoms with Gasteiger partial charge in [-0.25, -0.2) is 0 Å². The first-order valence-corrected chi connectivity index (χ1v) is 9.27. The minimum atomic E-state index is 0.255. The minimum Gasteiger partial charge on any atom is -0.295 e. The van der Waals surface area contributed by atoms with Gasteiger partial charge in [0.25, 0.3) is 0 Å². The monoisotopic (exact) mass is 348 g/mol. The van der Waals surface area contributed by atoms with Gasteiger partial charge in [0, 0.05) is 23.4 Å². The normalized spacial score (nSPS) is 17.4. The third-order valence-electron chi connectivity index (χ3n) is 5.00. The molecule has 0 spiro atoms. The van der Waals surface area contributed by atoms with Crippen LogP contribution in [0.25, 0.3) is 6.08 Å². The summed E-state index contributed by atoms with van der Waals surface area (Å²) in [4.78, 5) is 12.9. The van der Waals surface area contributed by atoms with Gasteiger partial charge in [-0.15, -0.1) is 0 Å². The number of fused-ring (bicyclic) bond motifs is 1. The van der Waals surface area contributed by atoms with Gasteiger partial charge in [0.05, 0.1) is 7.85 Å². The first kappa shape index (κ1) is 18.0. The molecule has 0 amide bonds. The lowest BCUT2D eigenvalue weighted by atomic mass is 9.82. The Balaban J connectivity index is 2.01. The zero-order valence-corrected chi connectivity index (χ0v) is 15.4. The topological polar surface area (TPSA) is 17.1 Å². The molecule has 2 radical (unpaired) electrons. The lowest BCUT2D eigenvalue weighted by Gasteiger charge is -2.21. The molecule has 0 saturated carbocycles. The van der Waals surface area contributed by atoms with Crippen LogP contribution in [0.2, 0.25) is 5.02 Å². The zero-order chi connectivity index (χ0) is 17.8. The summed E-state index contributed by atoms with van der Waals surface area (Å²) in [5.41, 5.74) is 5.52. The molecule has 25 heavy (non-hydrogen) atoms. The van der Waals surface area contributed by atoms with E-state index in [0.717, 1.165) is 35.1 Å². The Morgan fingerprint density at radius 3 is 2.48 bits per heavy atom. The number of benzene rings is 2. The van der Waals surface area contributed by atoms with Crippen molar-refractivity contribution in [2.45, 2.75) is 38.9 Å². The third kappa shape index (κ3) is 4.44. The van der Waals surface area contributed by atoms with Crippen LogP contribution in [0.3, 0.4) is 0 Å². The second-order valence-corrected chi connectivity index (χ2v) is 7.25. The van der Waals surface area contributed by atoms with Crippen molar-refractivity contribution in [3.8, 4) is 0 Å². The van der Waals surface area contributed by atoms with Crippen LogP contribution in [0.1, 0.15) is 42.0 Å². The Kier molecular flexibility index (Phi) is 5.80. The molecular formula is C22H22BClO. The minimum absolute atomic E-state index is 0.255. The molecule has 126 valence electrons. The number of allylic oxidation sites excluding steroid dienone is 1. The first-order valence-electron chi connectivity index (χ1n) is 8.89. The molecule has 1 unspecified atom stereocenters. The number of carbonyl (C=O) groups excluding carboxylic acids is 1. The average Bonchev–Trinajstić information content (AvgIpc) is 2.62. The number of hydrogen-bond acceptors (Lipinski definition) is 1. The highest BCUT2D eigenvalue weighted by Gasteiger charge is 2.21. The van der Waals surface area contributed by atoms with E-state index in [1.807, 2.05) is 24.3 Å². The van der Waals surface area contributed by atoms with E-state index in [9.17, 15) is 4.79 Å². The summed E-state index contributed by atoms with van der Waals surface area (Å²) < 4.78 is 0. The molecule has 0 fully saturated rings. The van der Waals surface area contributed by atoms with Crippen molar-refractivity contribution in [1.29, 1.82) is 0 Å². The number of hydrogen-bond donors (Lipinski definition) is 0. The summed E-state index contributed by atoms with van der Waals surface area (Å²) in [6, 6.07) is 14.1. The second kappa shape index (κ2) is 8.06. The summed E-state index contributed by atoms with van der Waals surface area (Å²) in [6.07, 6.45) is 5.80. The van der Waals surface area contributed by atoms with Crippen LogP contribution in [0.4, 0.5) is 0 Å². The highest BCUT2D eigenvalue weighted by Crippen LogP contribution is 2.28. The molecule has 2 aromatic rings. The molecule has 0 bridgehead atoms. The molecule has 0 N–H and O–H groups in total. The molecule has 3 rings (SSSR count). The van der Waals surface area contributed by atoms with Crippen molar-refractivity contribution in [3.05, 3.63) is 75.3 Å². The standard InChI is InChI=1S/C22H22BClO/c1-2-15-9-18-6-3-17(14-23)11-19(18)13-20(22(25)12-15)10-16-4-7-21(24)8-5-16/h3-8,11,13,15H,2,9-10,12,14H2,1H3. The molecule has 0 aromatic heterocycles. The number of halogens is 1. The zero-order valence-electron chi connectivity index (χ0n) is 14.6. The Labute approximate surface area is 156 Å². The maximum Gasteiger partial charge on any atom is 0.159 e. The smallest absolute Gasteiger partial charge is 0.159 e. The Hall–Kier alpha value is -1.80. The summed E-state index contributed by atoms with van der Waals surface area (Å²) >= 11 is 5.98. The van der Waals surface area contributed by atoms with E-state index in [4.69, 9.17) is 19.4 Å². The van der Waals surface area contributed by atoms with Gasteiger partial charge in [-0.3, -0.25) is 4.79 Å².